The summed E-state index contributed by atoms with van der Waals surface area (Å²) < 4.78 is 0. The maximum Gasteiger partial charge on any atom is 0.0256 e. The summed E-state index contributed by atoms with van der Waals surface area (Å²) in [5.74, 6) is 0. The smallest absolute Gasteiger partial charge is 0.0256 e. The summed E-state index contributed by atoms with van der Waals surface area (Å²) in [5, 5.41) is 10.2. The van der Waals surface area contributed by atoms with E-state index in [1.165, 1.54) is 39.3 Å². The van der Waals surface area contributed by atoms with Crippen LogP contribution in [-0.4, -0.2) is 6.21 Å². The van der Waals surface area contributed by atoms with Crippen LogP contribution in [0.5, 0.6) is 0 Å². The molecular formula is C23H19N. The summed E-state index contributed by atoms with van der Waals surface area (Å²) in [5.41, 5.74) is 7.25. The fourth-order valence-corrected chi connectivity index (χ4v) is 3.47. The van der Waals surface area contributed by atoms with Gasteiger partial charge < -0.3 is 5.41 Å². The molecule has 0 heterocycles. The van der Waals surface area contributed by atoms with E-state index < -0.39 is 0 Å². The van der Waals surface area contributed by atoms with Crippen molar-refractivity contribution in [3.8, 4) is 11.1 Å². The molecule has 0 saturated carbocycles. The summed E-state index contributed by atoms with van der Waals surface area (Å²) in [6.07, 6.45) is 6.99. The maximum absolute atomic E-state index is 7.81. The highest BCUT2D eigenvalue weighted by Crippen LogP contribution is 2.34. The molecule has 3 aromatic rings. The van der Waals surface area contributed by atoms with Crippen LogP contribution in [0.1, 0.15) is 24.5 Å². The van der Waals surface area contributed by atoms with Gasteiger partial charge in [-0.3, -0.25) is 0 Å². The van der Waals surface area contributed by atoms with Crippen molar-refractivity contribution in [1.82, 2.24) is 0 Å². The van der Waals surface area contributed by atoms with Crippen LogP contribution >= 0.6 is 0 Å². The lowest BCUT2D eigenvalue weighted by Gasteiger charge is -2.12. The van der Waals surface area contributed by atoms with Crippen molar-refractivity contribution in [1.29, 1.82) is 5.41 Å². The fourth-order valence-electron chi connectivity index (χ4n) is 3.47. The predicted molar refractivity (Wildman–Crippen MR) is 104 cm³/mol. The number of hydrogen-bond acceptors (Lipinski definition) is 1. The molecule has 1 aliphatic rings. The molecule has 0 aromatic heterocycles. The highest BCUT2D eigenvalue weighted by Gasteiger charge is 2.11. The maximum atomic E-state index is 7.81. The third-order valence-electron chi connectivity index (χ3n) is 4.68. The second kappa shape index (κ2) is 5.93. The first-order valence-electron chi connectivity index (χ1n) is 8.26. The highest BCUT2D eigenvalue weighted by molar-refractivity contribution is 6.05. The minimum absolute atomic E-state index is 0.959. The molecule has 0 radical (unpaired) electrons. The van der Waals surface area contributed by atoms with Crippen molar-refractivity contribution < 1.29 is 0 Å². The molecule has 0 atom stereocenters. The second-order valence-electron chi connectivity index (χ2n) is 6.30. The Bertz CT molecular complexity index is 1010. The molecule has 0 fully saturated rings. The summed E-state index contributed by atoms with van der Waals surface area (Å²) in [6.45, 7) is 2.15. The molecule has 0 spiro atoms. The van der Waals surface area contributed by atoms with Crippen LogP contribution in [0, 0.1) is 5.41 Å². The summed E-state index contributed by atoms with van der Waals surface area (Å²) in [4.78, 5) is 0. The number of fused-ring (bicyclic) bond motifs is 1. The van der Waals surface area contributed by atoms with Crippen molar-refractivity contribution in [2.24, 2.45) is 0 Å². The Labute approximate surface area is 142 Å². The molecule has 116 valence electrons. The summed E-state index contributed by atoms with van der Waals surface area (Å²) >= 11 is 0. The molecule has 4 rings (SSSR count). The third-order valence-corrected chi connectivity index (χ3v) is 4.68. The number of nitrogens with one attached hydrogen (secondary N) is 1. The van der Waals surface area contributed by atoms with E-state index in [4.69, 9.17) is 5.41 Å². The average molecular weight is 309 g/mol. The third kappa shape index (κ3) is 2.48. The van der Waals surface area contributed by atoms with E-state index in [1.807, 2.05) is 6.07 Å². The highest BCUT2D eigenvalue weighted by atomic mass is 14.3. The van der Waals surface area contributed by atoms with E-state index in [2.05, 4.69) is 73.7 Å². The SMILES string of the molecule is CC1=CCC(c2cccc(-c3c(C=N)ccc4ccccc34)c2)=C1. The normalized spacial score (nSPS) is 13.7. The van der Waals surface area contributed by atoms with E-state index in [-0.39, 0.29) is 0 Å². The molecule has 3 aromatic carbocycles. The Balaban J connectivity index is 1.92. The van der Waals surface area contributed by atoms with Crippen molar-refractivity contribution in [3.05, 3.63) is 89.5 Å². The average Bonchev–Trinajstić information content (AvgIpc) is 3.07. The predicted octanol–water partition coefficient (Wildman–Crippen LogP) is 6.24. The van der Waals surface area contributed by atoms with E-state index in [0.29, 0.717) is 0 Å². The topological polar surface area (TPSA) is 23.9 Å². The van der Waals surface area contributed by atoms with Gasteiger partial charge in [-0.2, -0.15) is 0 Å². The van der Waals surface area contributed by atoms with Gasteiger partial charge in [-0.1, -0.05) is 72.3 Å². The van der Waals surface area contributed by atoms with E-state index in [1.54, 1.807) is 0 Å². The van der Waals surface area contributed by atoms with E-state index in [0.717, 1.165) is 17.5 Å². The monoisotopic (exact) mass is 309 g/mol. The van der Waals surface area contributed by atoms with Crippen LogP contribution in [0.3, 0.4) is 0 Å². The molecule has 1 N–H and O–H groups in total. The molecule has 1 nitrogen and oxygen atoms in total. The molecule has 1 aliphatic carbocycles. The molecule has 1 heteroatoms. The van der Waals surface area contributed by atoms with Crippen LogP contribution in [0.25, 0.3) is 27.5 Å². The lowest BCUT2D eigenvalue weighted by Crippen LogP contribution is -1.91. The van der Waals surface area contributed by atoms with Gasteiger partial charge in [-0.25, -0.2) is 0 Å². The van der Waals surface area contributed by atoms with Gasteiger partial charge in [0.1, 0.15) is 0 Å². The number of benzene rings is 3. The van der Waals surface area contributed by atoms with Gasteiger partial charge >= 0.3 is 0 Å². The first-order valence-corrected chi connectivity index (χ1v) is 8.26. The summed E-state index contributed by atoms with van der Waals surface area (Å²) in [7, 11) is 0. The van der Waals surface area contributed by atoms with Gasteiger partial charge in [0.05, 0.1) is 0 Å². The Morgan fingerprint density at radius 1 is 0.917 bits per heavy atom. The van der Waals surface area contributed by atoms with Crippen molar-refractivity contribution in [3.63, 3.8) is 0 Å². The van der Waals surface area contributed by atoms with Crippen LogP contribution in [0.4, 0.5) is 0 Å². The number of hydrogen-bond donors (Lipinski definition) is 1. The van der Waals surface area contributed by atoms with Crippen LogP contribution < -0.4 is 0 Å². The quantitative estimate of drug-likeness (QED) is 0.554. The van der Waals surface area contributed by atoms with Gasteiger partial charge in [-0.15, -0.1) is 0 Å². The van der Waals surface area contributed by atoms with Gasteiger partial charge in [0.2, 0.25) is 0 Å². The molecule has 0 saturated heterocycles. The first kappa shape index (κ1) is 14.6. The van der Waals surface area contributed by atoms with Crippen LogP contribution in [-0.2, 0) is 0 Å². The zero-order valence-electron chi connectivity index (χ0n) is 13.7. The molecule has 24 heavy (non-hydrogen) atoms. The zero-order chi connectivity index (χ0) is 16.5. The largest absolute Gasteiger partial charge is 0.308 e. The van der Waals surface area contributed by atoms with Gasteiger partial charge in [-0.05, 0) is 52.4 Å². The lowest BCUT2D eigenvalue weighted by molar-refractivity contribution is 1.41. The van der Waals surface area contributed by atoms with E-state index >= 15 is 0 Å². The molecule has 0 amide bonds. The van der Waals surface area contributed by atoms with Gasteiger partial charge in [0.25, 0.3) is 0 Å². The van der Waals surface area contributed by atoms with E-state index in [9.17, 15) is 0 Å². The Kier molecular flexibility index (Phi) is 3.62. The minimum atomic E-state index is 0.959. The standard InChI is InChI=1S/C23H19N/c1-16-9-10-19(13-16)18-6-4-7-20(14-18)23-21(15-24)12-11-17-5-2-3-8-22(17)23/h2-9,11-15,24H,10H2,1H3. The number of rotatable bonds is 3. The molecule has 0 aliphatic heterocycles. The second-order valence-corrected chi connectivity index (χ2v) is 6.30. The minimum Gasteiger partial charge on any atom is -0.308 e. The van der Waals surface area contributed by atoms with Crippen LogP contribution in [0.2, 0.25) is 0 Å². The lowest BCUT2D eigenvalue weighted by atomic mass is 9.91. The summed E-state index contributed by atoms with van der Waals surface area (Å²) in [6, 6.07) is 21.2. The zero-order valence-corrected chi connectivity index (χ0v) is 13.7. The van der Waals surface area contributed by atoms with Crippen molar-refractivity contribution in [2.75, 3.05) is 0 Å². The van der Waals surface area contributed by atoms with Crippen molar-refractivity contribution in [2.45, 2.75) is 13.3 Å². The first-order chi connectivity index (χ1) is 11.8. The Morgan fingerprint density at radius 3 is 2.54 bits per heavy atom. The van der Waals surface area contributed by atoms with Crippen LogP contribution in [0.15, 0.2) is 78.4 Å². The fraction of sp³-hybridized carbons (Fsp3) is 0.0870. The Hall–Kier alpha value is -2.93. The molecule has 0 bridgehead atoms. The van der Waals surface area contributed by atoms with Gasteiger partial charge in [0.15, 0.2) is 0 Å². The molecular weight excluding hydrogens is 290 g/mol. The number of allylic oxidation sites excluding steroid dienone is 4. The van der Waals surface area contributed by atoms with Crippen molar-refractivity contribution >= 4 is 22.6 Å². The Morgan fingerprint density at radius 2 is 1.75 bits per heavy atom. The molecule has 0 unspecified atom stereocenters. The van der Waals surface area contributed by atoms with Gasteiger partial charge in [0, 0.05) is 11.8 Å².